The zero-order chi connectivity index (χ0) is 15.5. The molecule has 1 saturated heterocycles. The minimum Gasteiger partial charge on any atom is -0.369 e. The second kappa shape index (κ2) is 6.75. The second-order valence-corrected chi connectivity index (χ2v) is 7.23. The maximum absolute atomic E-state index is 4.48. The van der Waals surface area contributed by atoms with E-state index in [0.29, 0.717) is 6.04 Å². The first-order valence-corrected chi connectivity index (χ1v) is 8.04. The Kier molecular flexibility index (Phi) is 5.22. The molecule has 0 unspecified atom stereocenters. The smallest absolute Gasteiger partial charge is 0.0562 e. The van der Waals surface area contributed by atoms with Gasteiger partial charge in [0.05, 0.1) is 5.69 Å². The van der Waals surface area contributed by atoms with Crippen LogP contribution in [0.3, 0.4) is 0 Å². The van der Waals surface area contributed by atoms with Crippen molar-refractivity contribution in [3.63, 3.8) is 0 Å². The highest BCUT2D eigenvalue weighted by Gasteiger charge is 2.19. The van der Waals surface area contributed by atoms with Gasteiger partial charge in [0.1, 0.15) is 0 Å². The maximum Gasteiger partial charge on any atom is 0.0562 e. The van der Waals surface area contributed by atoms with Crippen LogP contribution in [0.1, 0.15) is 40.3 Å². The van der Waals surface area contributed by atoms with Gasteiger partial charge in [-0.3, -0.25) is 9.88 Å². The minimum atomic E-state index is 0.126. The number of hydrogen-bond donors (Lipinski definition) is 1. The number of nitrogens with one attached hydrogen (secondary N) is 1. The fourth-order valence-electron chi connectivity index (χ4n) is 2.61. The van der Waals surface area contributed by atoms with Crippen LogP contribution in [0.25, 0.3) is 0 Å². The molecule has 0 spiro atoms. The van der Waals surface area contributed by atoms with E-state index in [2.05, 4.69) is 66.9 Å². The molecule has 4 nitrogen and oxygen atoms in total. The van der Waals surface area contributed by atoms with Crippen LogP contribution in [0, 0.1) is 0 Å². The lowest BCUT2D eigenvalue weighted by Gasteiger charge is -2.38. The van der Waals surface area contributed by atoms with Crippen molar-refractivity contribution in [1.29, 1.82) is 0 Å². The Morgan fingerprint density at radius 2 is 1.86 bits per heavy atom. The first kappa shape index (κ1) is 16.2. The highest BCUT2D eigenvalue weighted by Crippen LogP contribution is 2.18. The number of pyridine rings is 1. The van der Waals surface area contributed by atoms with E-state index in [4.69, 9.17) is 0 Å². The SMILES string of the molecule is CC(C)N1CCN(c2ccnc(CNC(C)(C)C)c2)CC1. The summed E-state index contributed by atoms with van der Waals surface area (Å²) in [6.07, 6.45) is 1.93. The van der Waals surface area contributed by atoms with E-state index < -0.39 is 0 Å². The van der Waals surface area contributed by atoms with Crippen LogP contribution in [0.5, 0.6) is 0 Å². The lowest BCUT2D eigenvalue weighted by molar-refractivity contribution is 0.209. The average molecular weight is 290 g/mol. The van der Waals surface area contributed by atoms with Crippen molar-refractivity contribution in [2.75, 3.05) is 31.1 Å². The second-order valence-electron chi connectivity index (χ2n) is 7.23. The summed E-state index contributed by atoms with van der Waals surface area (Å²) in [4.78, 5) is 9.50. The lowest BCUT2D eigenvalue weighted by atomic mass is 10.1. The van der Waals surface area contributed by atoms with Gasteiger partial charge in [-0.1, -0.05) is 0 Å². The fourth-order valence-corrected chi connectivity index (χ4v) is 2.61. The largest absolute Gasteiger partial charge is 0.369 e. The Bertz CT molecular complexity index is 442. The highest BCUT2D eigenvalue weighted by atomic mass is 15.3. The van der Waals surface area contributed by atoms with E-state index in [9.17, 15) is 0 Å². The molecule has 1 aliphatic rings. The normalized spacial score (nSPS) is 17.5. The molecule has 4 heteroatoms. The maximum atomic E-state index is 4.48. The molecule has 0 aromatic carbocycles. The van der Waals surface area contributed by atoms with Gasteiger partial charge in [-0.25, -0.2) is 0 Å². The molecule has 1 aliphatic heterocycles. The molecule has 1 aromatic heterocycles. The van der Waals surface area contributed by atoms with Gasteiger partial charge in [-0.2, -0.15) is 0 Å². The molecule has 0 amide bonds. The van der Waals surface area contributed by atoms with Crippen LogP contribution in [0.4, 0.5) is 5.69 Å². The van der Waals surface area contributed by atoms with E-state index in [0.717, 1.165) is 38.4 Å². The van der Waals surface area contributed by atoms with Crippen molar-refractivity contribution in [3.05, 3.63) is 24.0 Å². The van der Waals surface area contributed by atoms with Crippen molar-refractivity contribution in [2.45, 2.75) is 52.7 Å². The molecule has 2 heterocycles. The number of nitrogens with zero attached hydrogens (tertiary/aromatic N) is 3. The summed E-state index contributed by atoms with van der Waals surface area (Å²) in [5.41, 5.74) is 2.55. The summed E-state index contributed by atoms with van der Waals surface area (Å²) in [7, 11) is 0. The van der Waals surface area contributed by atoms with Crippen LogP contribution in [-0.2, 0) is 6.54 Å². The van der Waals surface area contributed by atoms with Gasteiger partial charge in [-0.15, -0.1) is 0 Å². The number of aromatic nitrogens is 1. The zero-order valence-corrected chi connectivity index (χ0v) is 14.2. The molecule has 2 rings (SSSR count). The van der Waals surface area contributed by atoms with Crippen molar-refractivity contribution in [3.8, 4) is 0 Å². The summed E-state index contributed by atoms with van der Waals surface area (Å²) in [5.74, 6) is 0. The molecule has 1 aromatic rings. The molecular weight excluding hydrogens is 260 g/mol. The standard InChI is InChI=1S/C17H30N4/c1-14(2)20-8-10-21(11-9-20)16-6-7-18-15(12-16)13-19-17(3,4)5/h6-7,12,14,19H,8-11,13H2,1-5H3. The molecule has 0 radical (unpaired) electrons. The Morgan fingerprint density at radius 3 is 2.43 bits per heavy atom. The predicted octanol–water partition coefficient (Wildman–Crippen LogP) is 2.50. The molecule has 1 fully saturated rings. The zero-order valence-electron chi connectivity index (χ0n) is 14.2. The predicted molar refractivity (Wildman–Crippen MR) is 89.8 cm³/mol. The van der Waals surface area contributed by atoms with Crippen molar-refractivity contribution in [2.24, 2.45) is 0 Å². The Hall–Kier alpha value is -1.13. The van der Waals surface area contributed by atoms with Crippen LogP contribution in [-0.4, -0.2) is 47.6 Å². The molecule has 0 saturated carbocycles. The van der Waals surface area contributed by atoms with E-state index in [-0.39, 0.29) is 5.54 Å². The third-order valence-electron chi connectivity index (χ3n) is 4.01. The number of anilines is 1. The number of rotatable bonds is 4. The fraction of sp³-hybridized carbons (Fsp3) is 0.706. The molecule has 0 aliphatic carbocycles. The summed E-state index contributed by atoms with van der Waals surface area (Å²) in [6.45, 7) is 16.4. The van der Waals surface area contributed by atoms with Crippen molar-refractivity contribution in [1.82, 2.24) is 15.2 Å². The molecule has 0 atom stereocenters. The van der Waals surface area contributed by atoms with Crippen LogP contribution in [0.15, 0.2) is 18.3 Å². The Morgan fingerprint density at radius 1 is 1.19 bits per heavy atom. The lowest BCUT2D eigenvalue weighted by Crippen LogP contribution is -2.48. The quantitative estimate of drug-likeness (QED) is 0.923. The summed E-state index contributed by atoms with van der Waals surface area (Å²) in [5, 5.41) is 3.50. The first-order valence-electron chi connectivity index (χ1n) is 8.04. The Labute approximate surface area is 129 Å². The van der Waals surface area contributed by atoms with Gasteiger partial charge in [0.2, 0.25) is 0 Å². The van der Waals surface area contributed by atoms with Gasteiger partial charge < -0.3 is 10.2 Å². The summed E-state index contributed by atoms with van der Waals surface area (Å²) < 4.78 is 0. The van der Waals surface area contributed by atoms with Gasteiger partial charge >= 0.3 is 0 Å². The van der Waals surface area contributed by atoms with E-state index in [1.54, 1.807) is 0 Å². The molecule has 21 heavy (non-hydrogen) atoms. The van der Waals surface area contributed by atoms with E-state index in [1.165, 1.54) is 5.69 Å². The average Bonchev–Trinajstić information content (AvgIpc) is 2.45. The van der Waals surface area contributed by atoms with Gasteiger partial charge in [0.15, 0.2) is 0 Å². The number of hydrogen-bond acceptors (Lipinski definition) is 4. The third kappa shape index (κ3) is 4.97. The molecule has 1 N–H and O–H groups in total. The van der Waals surface area contributed by atoms with Gasteiger partial charge in [0.25, 0.3) is 0 Å². The summed E-state index contributed by atoms with van der Waals surface area (Å²) >= 11 is 0. The van der Waals surface area contributed by atoms with Crippen LogP contribution >= 0.6 is 0 Å². The van der Waals surface area contributed by atoms with E-state index >= 15 is 0 Å². The van der Waals surface area contributed by atoms with Crippen LogP contribution < -0.4 is 10.2 Å². The van der Waals surface area contributed by atoms with E-state index in [1.807, 2.05) is 6.20 Å². The Balaban J connectivity index is 1.95. The highest BCUT2D eigenvalue weighted by molar-refractivity contribution is 5.47. The topological polar surface area (TPSA) is 31.4 Å². The van der Waals surface area contributed by atoms with Crippen molar-refractivity contribution < 1.29 is 0 Å². The van der Waals surface area contributed by atoms with Gasteiger partial charge in [0, 0.05) is 56.2 Å². The van der Waals surface area contributed by atoms with Crippen LogP contribution in [0.2, 0.25) is 0 Å². The molecule has 0 bridgehead atoms. The third-order valence-corrected chi connectivity index (χ3v) is 4.01. The number of piperazine rings is 1. The molecular formula is C17H30N4. The van der Waals surface area contributed by atoms with Crippen molar-refractivity contribution >= 4 is 5.69 Å². The summed E-state index contributed by atoms with van der Waals surface area (Å²) in [6, 6.07) is 5.01. The minimum absolute atomic E-state index is 0.126. The van der Waals surface area contributed by atoms with Gasteiger partial charge in [-0.05, 0) is 46.8 Å². The first-order chi connectivity index (χ1) is 9.85. The molecule has 118 valence electrons. The monoisotopic (exact) mass is 290 g/mol.